The van der Waals surface area contributed by atoms with Gasteiger partial charge in [0.2, 0.25) is 0 Å². The van der Waals surface area contributed by atoms with Crippen molar-refractivity contribution in [2.45, 2.75) is 19.4 Å². The van der Waals surface area contributed by atoms with E-state index in [1.807, 2.05) is 0 Å². The molecule has 1 heterocycles. The van der Waals surface area contributed by atoms with Crippen molar-refractivity contribution in [1.29, 1.82) is 0 Å². The molecule has 1 unspecified atom stereocenters. The van der Waals surface area contributed by atoms with Crippen LogP contribution in [0.25, 0.3) is 0 Å². The standard InChI is InChI=1S/C11H11FN2O2/c1-6-3-4-7(5-8(6)12)11(2)9(15)13-10(16)14-11/h3-5H,1-2H3,(H2,13,14,15,16). The minimum Gasteiger partial charge on any atom is -0.320 e. The number of amides is 3. The van der Waals surface area contributed by atoms with E-state index in [0.29, 0.717) is 11.1 Å². The van der Waals surface area contributed by atoms with Crippen molar-refractivity contribution >= 4 is 11.9 Å². The Morgan fingerprint density at radius 2 is 2.00 bits per heavy atom. The third-order valence-electron chi connectivity index (χ3n) is 2.79. The van der Waals surface area contributed by atoms with Gasteiger partial charge in [0, 0.05) is 0 Å². The SMILES string of the molecule is Cc1ccc(C2(C)NC(=O)NC2=O)cc1F. The molecule has 4 nitrogen and oxygen atoms in total. The van der Waals surface area contributed by atoms with Crippen LogP contribution in [0.15, 0.2) is 18.2 Å². The summed E-state index contributed by atoms with van der Waals surface area (Å²) in [6, 6.07) is 3.91. The molecule has 3 amide bonds. The summed E-state index contributed by atoms with van der Waals surface area (Å²) in [5.41, 5.74) is -0.262. The maximum Gasteiger partial charge on any atom is 0.322 e. The Balaban J connectivity index is 2.47. The van der Waals surface area contributed by atoms with Crippen LogP contribution in [-0.2, 0) is 10.3 Å². The summed E-state index contributed by atoms with van der Waals surface area (Å²) < 4.78 is 13.4. The van der Waals surface area contributed by atoms with Crippen LogP contribution in [-0.4, -0.2) is 11.9 Å². The lowest BCUT2D eigenvalue weighted by atomic mass is 9.91. The fraction of sp³-hybridized carbons (Fsp3) is 0.273. The van der Waals surface area contributed by atoms with Crippen molar-refractivity contribution in [2.75, 3.05) is 0 Å². The number of imide groups is 1. The molecule has 0 aromatic heterocycles. The van der Waals surface area contributed by atoms with Crippen LogP contribution in [0.1, 0.15) is 18.1 Å². The summed E-state index contributed by atoms with van der Waals surface area (Å²) in [5.74, 6) is -0.867. The average Bonchev–Trinajstić information content (AvgIpc) is 2.46. The first-order valence-electron chi connectivity index (χ1n) is 4.84. The van der Waals surface area contributed by atoms with E-state index < -0.39 is 23.3 Å². The molecule has 5 heteroatoms. The molecule has 16 heavy (non-hydrogen) atoms. The van der Waals surface area contributed by atoms with Gasteiger partial charge in [0.05, 0.1) is 0 Å². The number of hydrogen-bond acceptors (Lipinski definition) is 2. The molecule has 1 aliphatic heterocycles. The number of nitrogens with one attached hydrogen (secondary N) is 2. The number of aryl methyl sites for hydroxylation is 1. The molecule has 1 aliphatic rings. The van der Waals surface area contributed by atoms with Gasteiger partial charge in [0.1, 0.15) is 11.4 Å². The van der Waals surface area contributed by atoms with Crippen molar-refractivity contribution in [3.63, 3.8) is 0 Å². The number of carbonyl (C=O) groups excluding carboxylic acids is 2. The van der Waals surface area contributed by atoms with Crippen LogP contribution < -0.4 is 10.6 Å². The summed E-state index contributed by atoms with van der Waals surface area (Å²) in [5, 5.41) is 4.61. The number of urea groups is 1. The van der Waals surface area contributed by atoms with Gasteiger partial charge in [-0.2, -0.15) is 0 Å². The van der Waals surface area contributed by atoms with E-state index in [4.69, 9.17) is 0 Å². The topological polar surface area (TPSA) is 58.2 Å². The van der Waals surface area contributed by atoms with Crippen molar-refractivity contribution in [3.8, 4) is 0 Å². The highest BCUT2D eigenvalue weighted by atomic mass is 19.1. The molecule has 1 fully saturated rings. The van der Waals surface area contributed by atoms with Crippen molar-refractivity contribution in [3.05, 3.63) is 35.1 Å². The monoisotopic (exact) mass is 222 g/mol. The summed E-state index contributed by atoms with van der Waals surface area (Å²) in [6.07, 6.45) is 0. The third-order valence-corrected chi connectivity index (χ3v) is 2.79. The van der Waals surface area contributed by atoms with E-state index in [1.54, 1.807) is 19.1 Å². The molecule has 2 rings (SSSR count). The third kappa shape index (κ3) is 1.44. The van der Waals surface area contributed by atoms with Gasteiger partial charge in [-0.15, -0.1) is 0 Å². The molecule has 0 bridgehead atoms. The van der Waals surface area contributed by atoms with Crippen LogP contribution in [0.3, 0.4) is 0 Å². The second-order valence-electron chi connectivity index (χ2n) is 4.00. The first-order valence-corrected chi connectivity index (χ1v) is 4.84. The molecular formula is C11H11FN2O2. The maximum atomic E-state index is 13.4. The lowest BCUT2D eigenvalue weighted by Gasteiger charge is -2.21. The van der Waals surface area contributed by atoms with E-state index in [1.165, 1.54) is 13.0 Å². The van der Waals surface area contributed by atoms with Gasteiger partial charge in [-0.1, -0.05) is 12.1 Å². The van der Waals surface area contributed by atoms with Crippen LogP contribution in [0.2, 0.25) is 0 Å². The first kappa shape index (κ1) is 10.6. The minimum absolute atomic E-state index is 0.396. The number of carbonyl (C=O) groups is 2. The van der Waals surface area contributed by atoms with Gasteiger partial charge in [0.25, 0.3) is 5.91 Å². The minimum atomic E-state index is -1.19. The Labute approximate surface area is 91.8 Å². The molecule has 84 valence electrons. The number of halogens is 1. The number of rotatable bonds is 1. The van der Waals surface area contributed by atoms with Gasteiger partial charge in [-0.3, -0.25) is 10.1 Å². The number of benzene rings is 1. The van der Waals surface area contributed by atoms with Gasteiger partial charge < -0.3 is 5.32 Å². The highest BCUT2D eigenvalue weighted by Gasteiger charge is 2.43. The Morgan fingerprint density at radius 3 is 2.50 bits per heavy atom. The predicted molar refractivity (Wildman–Crippen MR) is 55.2 cm³/mol. The van der Waals surface area contributed by atoms with Gasteiger partial charge in [-0.25, -0.2) is 9.18 Å². The van der Waals surface area contributed by atoms with Crippen molar-refractivity contribution < 1.29 is 14.0 Å². The Kier molecular flexibility index (Phi) is 2.18. The van der Waals surface area contributed by atoms with Crippen molar-refractivity contribution in [1.82, 2.24) is 10.6 Å². The first-order chi connectivity index (χ1) is 7.43. The van der Waals surface area contributed by atoms with E-state index in [-0.39, 0.29) is 0 Å². The Bertz CT molecular complexity index is 487. The number of hydrogen-bond donors (Lipinski definition) is 2. The molecule has 0 aliphatic carbocycles. The second kappa shape index (κ2) is 3.30. The summed E-state index contributed by atoms with van der Waals surface area (Å²) >= 11 is 0. The summed E-state index contributed by atoms with van der Waals surface area (Å²) in [7, 11) is 0. The Morgan fingerprint density at radius 1 is 1.31 bits per heavy atom. The van der Waals surface area contributed by atoms with Gasteiger partial charge >= 0.3 is 6.03 Å². The molecule has 0 radical (unpaired) electrons. The lowest BCUT2D eigenvalue weighted by molar-refractivity contribution is -0.123. The maximum absolute atomic E-state index is 13.4. The molecule has 2 N–H and O–H groups in total. The van der Waals surface area contributed by atoms with E-state index >= 15 is 0 Å². The van der Waals surface area contributed by atoms with E-state index in [9.17, 15) is 14.0 Å². The normalized spacial score (nSPS) is 24.2. The molecule has 1 atom stereocenters. The van der Waals surface area contributed by atoms with Gasteiger partial charge in [-0.05, 0) is 31.0 Å². The zero-order chi connectivity index (χ0) is 11.9. The fourth-order valence-electron chi connectivity index (χ4n) is 1.65. The molecule has 1 aromatic rings. The smallest absolute Gasteiger partial charge is 0.320 e. The summed E-state index contributed by atoms with van der Waals surface area (Å²) in [4.78, 5) is 22.6. The van der Waals surface area contributed by atoms with Crippen LogP contribution in [0, 0.1) is 12.7 Å². The molecule has 0 saturated carbocycles. The van der Waals surface area contributed by atoms with Crippen LogP contribution in [0.4, 0.5) is 9.18 Å². The Hall–Kier alpha value is -1.91. The fourth-order valence-corrected chi connectivity index (χ4v) is 1.65. The van der Waals surface area contributed by atoms with Crippen LogP contribution >= 0.6 is 0 Å². The zero-order valence-corrected chi connectivity index (χ0v) is 8.93. The van der Waals surface area contributed by atoms with Crippen molar-refractivity contribution in [2.24, 2.45) is 0 Å². The van der Waals surface area contributed by atoms with Crippen LogP contribution in [0.5, 0.6) is 0 Å². The quantitative estimate of drug-likeness (QED) is 0.701. The molecule has 0 spiro atoms. The molecular weight excluding hydrogens is 211 g/mol. The molecule has 1 aromatic carbocycles. The highest BCUT2D eigenvalue weighted by Crippen LogP contribution is 2.25. The zero-order valence-electron chi connectivity index (χ0n) is 8.93. The largest absolute Gasteiger partial charge is 0.322 e. The molecule has 1 saturated heterocycles. The lowest BCUT2D eigenvalue weighted by Crippen LogP contribution is -2.40. The second-order valence-corrected chi connectivity index (χ2v) is 4.00. The van der Waals surface area contributed by atoms with Gasteiger partial charge in [0.15, 0.2) is 0 Å². The van der Waals surface area contributed by atoms with E-state index in [0.717, 1.165) is 0 Å². The average molecular weight is 222 g/mol. The predicted octanol–water partition coefficient (Wildman–Crippen LogP) is 1.19. The summed E-state index contributed by atoms with van der Waals surface area (Å²) in [6.45, 7) is 3.17. The highest BCUT2D eigenvalue weighted by molar-refractivity contribution is 6.07. The van der Waals surface area contributed by atoms with E-state index in [2.05, 4.69) is 10.6 Å².